The fourth-order valence-electron chi connectivity index (χ4n) is 9.45. The molecule has 4 unspecified atom stereocenters. The van der Waals surface area contributed by atoms with Crippen LogP contribution in [0.25, 0.3) is 0 Å². The molecule has 8 rings (SSSR count). The number of ether oxygens (including phenoxy) is 2. The summed E-state index contributed by atoms with van der Waals surface area (Å²) in [6.07, 6.45) is 6.75. The number of rotatable bonds is 3. The number of benzene rings is 1. The molecule has 5 aliphatic carbocycles. The van der Waals surface area contributed by atoms with E-state index in [4.69, 9.17) is 9.47 Å². The van der Waals surface area contributed by atoms with E-state index in [2.05, 4.69) is 56.9 Å². The van der Waals surface area contributed by atoms with Gasteiger partial charge in [-0.05, 0) is 73.5 Å². The Morgan fingerprint density at radius 3 is 2.77 bits per heavy atom. The Labute approximate surface area is 208 Å². The van der Waals surface area contributed by atoms with E-state index < -0.39 is 5.60 Å². The second-order valence-corrected chi connectivity index (χ2v) is 13.6. The third-order valence-corrected chi connectivity index (χ3v) is 11.6. The molecule has 2 heterocycles. The maximum atomic E-state index is 13.5. The minimum Gasteiger partial charge on any atom is -0.489 e. The molecular weight excluding hydrogens is 438 g/mol. The Morgan fingerprint density at radius 2 is 2.06 bits per heavy atom. The van der Waals surface area contributed by atoms with Crippen LogP contribution in [0.2, 0.25) is 0 Å². The summed E-state index contributed by atoms with van der Waals surface area (Å²) in [5, 5.41) is 12.1. The van der Waals surface area contributed by atoms with Gasteiger partial charge in [-0.3, -0.25) is 0 Å². The van der Waals surface area contributed by atoms with Gasteiger partial charge in [0.25, 0.3) is 0 Å². The van der Waals surface area contributed by atoms with Gasteiger partial charge in [0.15, 0.2) is 0 Å². The van der Waals surface area contributed by atoms with Crippen molar-refractivity contribution in [2.45, 2.75) is 89.9 Å². The number of carbonyl (C=O) groups is 1. The van der Waals surface area contributed by atoms with Crippen molar-refractivity contribution < 1.29 is 19.4 Å². The molecule has 4 bridgehead atoms. The van der Waals surface area contributed by atoms with Crippen molar-refractivity contribution in [1.82, 2.24) is 4.90 Å². The van der Waals surface area contributed by atoms with Crippen LogP contribution in [0.1, 0.15) is 71.4 Å². The lowest BCUT2D eigenvalue weighted by Gasteiger charge is -2.74. The molecule has 2 spiro atoms. The van der Waals surface area contributed by atoms with Crippen LogP contribution in [0, 0.1) is 28.6 Å². The molecule has 4 fully saturated rings. The fraction of sp³-hybridized carbons (Fsp3) is 0.700. The minimum absolute atomic E-state index is 0.0680. The van der Waals surface area contributed by atoms with Gasteiger partial charge in [0, 0.05) is 34.9 Å². The van der Waals surface area contributed by atoms with Gasteiger partial charge in [0.2, 0.25) is 0 Å². The molecule has 1 aromatic rings. The first kappa shape index (κ1) is 22.2. The summed E-state index contributed by atoms with van der Waals surface area (Å²) in [4.78, 5) is 15.6. The largest absolute Gasteiger partial charge is 0.489 e. The van der Waals surface area contributed by atoms with Gasteiger partial charge in [-0.2, -0.15) is 0 Å². The van der Waals surface area contributed by atoms with Gasteiger partial charge in [0.1, 0.15) is 18.5 Å². The predicted molar refractivity (Wildman–Crippen MR) is 133 cm³/mol. The summed E-state index contributed by atoms with van der Waals surface area (Å²) in [6.45, 7) is 12.1. The van der Waals surface area contributed by atoms with Crippen LogP contribution in [-0.4, -0.2) is 47.0 Å². The zero-order valence-corrected chi connectivity index (χ0v) is 21.8. The third kappa shape index (κ3) is 2.51. The molecule has 1 amide bonds. The highest BCUT2D eigenvalue weighted by atomic mass is 16.6. The quantitative estimate of drug-likeness (QED) is 0.605. The van der Waals surface area contributed by atoms with Crippen molar-refractivity contribution in [3.05, 3.63) is 41.0 Å². The number of nitrogens with zero attached hydrogens (tertiary/aromatic N) is 1. The summed E-state index contributed by atoms with van der Waals surface area (Å²) < 4.78 is 12.7. The summed E-state index contributed by atoms with van der Waals surface area (Å²) >= 11 is 0. The number of likely N-dealkylation sites (tertiary alicyclic amines) is 1. The van der Waals surface area contributed by atoms with E-state index in [1.54, 1.807) is 0 Å². The predicted octanol–water partition coefficient (Wildman–Crippen LogP) is 5.24. The Kier molecular flexibility index (Phi) is 4.22. The Balaban J connectivity index is 1.39. The van der Waals surface area contributed by atoms with Crippen LogP contribution in [0.5, 0.6) is 5.75 Å². The SMILES string of the molecule is C[C@@H]1CC2C(C(C)(O)C(C)(C)C)CC13[C@H]1Cc4cccc5c4[C@@]3(CCN1C(=O)OCC1=CC1)[C@H]2O5. The molecule has 7 aliphatic rings. The van der Waals surface area contributed by atoms with Gasteiger partial charge < -0.3 is 19.5 Å². The van der Waals surface area contributed by atoms with Crippen LogP contribution in [0.4, 0.5) is 4.79 Å². The van der Waals surface area contributed by atoms with Gasteiger partial charge >= 0.3 is 6.09 Å². The van der Waals surface area contributed by atoms with E-state index >= 15 is 0 Å². The normalized spacial score (nSPS) is 41.5. The smallest absolute Gasteiger partial charge is 0.410 e. The number of fused-ring (bicyclic) bond motifs is 2. The van der Waals surface area contributed by atoms with E-state index in [1.807, 2.05) is 6.92 Å². The van der Waals surface area contributed by atoms with Gasteiger partial charge in [-0.1, -0.05) is 45.9 Å². The van der Waals surface area contributed by atoms with E-state index in [-0.39, 0.29) is 40.4 Å². The average molecular weight is 478 g/mol. The summed E-state index contributed by atoms with van der Waals surface area (Å²) in [7, 11) is 0. The molecular formula is C30H39NO4. The summed E-state index contributed by atoms with van der Waals surface area (Å²) in [5.41, 5.74) is 2.72. The highest BCUT2D eigenvalue weighted by Gasteiger charge is 2.79. The lowest BCUT2D eigenvalue weighted by Crippen LogP contribution is -2.80. The van der Waals surface area contributed by atoms with E-state index in [0.29, 0.717) is 18.4 Å². The lowest BCUT2D eigenvalue weighted by atomic mass is 9.32. The molecule has 3 saturated carbocycles. The fourth-order valence-corrected chi connectivity index (χ4v) is 9.45. The van der Waals surface area contributed by atoms with Crippen molar-refractivity contribution in [3.63, 3.8) is 0 Å². The molecule has 5 heteroatoms. The number of hydrogen-bond donors (Lipinski definition) is 1. The summed E-state index contributed by atoms with van der Waals surface area (Å²) in [6, 6.07) is 6.60. The Morgan fingerprint density at radius 1 is 1.29 bits per heavy atom. The number of allylic oxidation sites excluding steroid dienone is 1. The van der Waals surface area contributed by atoms with E-state index in [9.17, 15) is 9.90 Å². The summed E-state index contributed by atoms with van der Waals surface area (Å²) in [5.74, 6) is 1.94. The van der Waals surface area contributed by atoms with Crippen molar-refractivity contribution in [2.24, 2.45) is 28.6 Å². The van der Waals surface area contributed by atoms with Gasteiger partial charge in [0.05, 0.1) is 5.60 Å². The van der Waals surface area contributed by atoms with Crippen molar-refractivity contribution in [3.8, 4) is 5.75 Å². The first-order valence-electron chi connectivity index (χ1n) is 13.6. The van der Waals surface area contributed by atoms with Gasteiger partial charge in [-0.25, -0.2) is 4.79 Å². The van der Waals surface area contributed by atoms with Crippen LogP contribution >= 0.6 is 0 Å². The molecule has 0 aromatic heterocycles. The Bertz CT molecular complexity index is 1150. The average Bonchev–Trinajstić information content (AvgIpc) is 3.55. The van der Waals surface area contributed by atoms with E-state index in [0.717, 1.165) is 44.4 Å². The molecule has 1 aromatic carbocycles. The van der Waals surface area contributed by atoms with Gasteiger partial charge in [-0.15, -0.1) is 0 Å². The van der Waals surface area contributed by atoms with Crippen LogP contribution in [0.15, 0.2) is 29.8 Å². The molecule has 1 saturated heterocycles. The van der Waals surface area contributed by atoms with Crippen LogP contribution in [0.3, 0.4) is 0 Å². The second-order valence-electron chi connectivity index (χ2n) is 13.6. The number of piperidine rings is 1. The molecule has 8 atom stereocenters. The highest BCUT2D eigenvalue weighted by Crippen LogP contribution is 2.77. The van der Waals surface area contributed by atoms with Crippen molar-refractivity contribution in [1.29, 1.82) is 0 Å². The van der Waals surface area contributed by atoms with Crippen LogP contribution < -0.4 is 4.74 Å². The molecule has 2 aliphatic heterocycles. The number of hydrogen-bond acceptors (Lipinski definition) is 4. The Hall–Kier alpha value is -2.01. The van der Waals surface area contributed by atoms with Crippen molar-refractivity contribution >= 4 is 6.09 Å². The molecule has 5 nitrogen and oxygen atoms in total. The van der Waals surface area contributed by atoms with Crippen molar-refractivity contribution in [2.75, 3.05) is 13.2 Å². The molecule has 35 heavy (non-hydrogen) atoms. The zero-order chi connectivity index (χ0) is 24.5. The highest BCUT2D eigenvalue weighted by molar-refractivity contribution is 5.70. The second kappa shape index (κ2) is 6.65. The first-order valence-corrected chi connectivity index (χ1v) is 13.6. The number of carbonyl (C=O) groups excluding carboxylic acids is 1. The number of aliphatic hydroxyl groups is 1. The molecule has 0 radical (unpaired) electrons. The molecule has 1 N–H and O–H groups in total. The molecule has 188 valence electrons. The minimum atomic E-state index is -0.830. The zero-order valence-electron chi connectivity index (χ0n) is 21.8. The topological polar surface area (TPSA) is 59.0 Å². The third-order valence-electron chi connectivity index (χ3n) is 11.6. The standard InChI is InChI=1S/C30H39NO4/c1-17-13-20-21(28(5,33)27(2,3)4)15-30(17)23-14-19-7-6-8-22-24(19)29(30,25(20)35-22)11-12-31(23)26(32)34-16-18-9-10-18/h6-9,17,20-21,23,25,33H,10-16H2,1-5H3/t17-,20?,21?,23-,25+,28?,29+,30?/m1/s1. The van der Waals surface area contributed by atoms with Crippen LogP contribution in [-0.2, 0) is 16.6 Å². The maximum Gasteiger partial charge on any atom is 0.410 e. The first-order chi connectivity index (χ1) is 16.5. The number of amides is 1. The monoisotopic (exact) mass is 477 g/mol. The van der Waals surface area contributed by atoms with E-state index in [1.165, 1.54) is 16.7 Å². The maximum absolute atomic E-state index is 13.5. The lowest BCUT2D eigenvalue weighted by molar-refractivity contribution is -0.259.